The molecule has 13 nitrogen and oxygen atoms in total. The molecule has 1 unspecified atom stereocenters. The van der Waals surface area contributed by atoms with E-state index in [1.807, 2.05) is 53.1 Å². The molecule has 0 radical (unpaired) electrons. The molecular weight excluding hydrogens is 726 g/mol. The number of carbonyl (C=O) groups excluding carboxylic acids is 1. The third-order valence-electron chi connectivity index (χ3n) is 11.3. The van der Waals surface area contributed by atoms with E-state index < -0.39 is 6.17 Å². The number of fused-ring (bicyclic) bond motifs is 2. The van der Waals surface area contributed by atoms with Crippen molar-refractivity contribution in [1.29, 1.82) is 0 Å². The average molecular weight is 780 g/mol. The van der Waals surface area contributed by atoms with Crippen molar-refractivity contribution in [2.75, 3.05) is 29.9 Å². The van der Waals surface area contributed by atoms with Crippen molar-refractivity contribution < 1.29 is 23.8 Å². The van der Waals surface area contributed by atoms with Crippen LogP contribution in [0.2, 0.25) is 0 Å². The van der Waals surface area contributed by atoms with E-state index in [1.54, 1.807) is 4.68 Å². The lowest BCUT2D eigenvalue weighted by Crippen LogP contribution is -2.38. The van der Waals surface area contributed by atoms with Crippen LogP contribution >= 0.6 is 0 Å². The maximum Gasteiger partial charge on any atom is 0.320 e. The fraction of sp³-hybridized carbons (Fsp3) is 0.465. The standard InChI is InChI=1S/C42H52FN9O2.CH2O2/c1-28-9-7-8-22-50(28)41-47-46-38-19-16-32(27-51(38)41)54-36-18-17-35(33-10-5-6-11-34(33)36)44-40(53)45-39-25-37(42(2,3)4)48-52(39)31-14-12-29(13-15-31)26-49-23-20-30(43)21-24-49;2-1-3/h5-6,10-16,19,25,27-28,30,35-36H,7-9,17-18,20-24,26H2,1-4H3,(H2,44,45,53);1H,(H,2,3)/t28?,35-,36+;/m0./s1. The molecule has 302 valence electrons. The van der Waals surface area contributed by atoms with Gasteiger partial charge in [-0.25, -0.2) is 13.9 Å². The molecule has 2 aliphatic heterocycles. The molecular formula is C43H54FN9O4. The molecule has 1 aliphatic carbocycles. The van der Waals surface area contributed by atoms with E-state index in [9.17, 15) is 9.18 Å². The van der Waals surface area contributed by atoms with Crippen LogP contribution in [0.1, 0.15) is 107 Å². The molecule has 2 aromatic carbocycles. The van der Waals surface area contributed by atoms with E-state index in [0.29, 0.717) is 24.7 Å². The summed E-state index contributed by atoms with van der Waals surface area (Å²) in [5, 5.41) is 27.2. The highest BCUT2D eigenvalue weighted by Gasteiger charge is 2.31. The second-order valence-electron chi connectivity index (χ2n) is 16.4. The van der Waals surface area contributed by atoms with Gasteiger partial charge in [0.25, 0.3) is 6.47 Å². The molecule has 0 bridgehead atoms. The average Bonchev–Trinajstić information content (AvgIpc) is 3.82. The summed E-state index contributed by atoms with van der Waals surface area (Å²) >= 11 is 0. The smallest absolute Gasteiger partial charge is 0.320 e. The fourth-order valence-electron chi connectivity index (χ4n) is 8.11. The van der Waals surface area contributed by atoms with Crippen LogP contribution < -0.4 is 20.3 Å². The van der Waals surface area contributed by atoms with Gasteiger partial charge in [0.15, 0.2) is 5.65 Å². The lowest BCUT2D eigenvalue weighted by Gasteiger charge is -2.33. The van der Waals surface area contributed by atoms with Gasteiger partial charge in [-0.15, -0.1) is 10.2 Å². The number of benzene rings is 2. The number of amides is 2. The summed E-state index contributed by atoms with van der Waals surface area (Å²) in [6.07, 6.45) is 7.35. The molecule has 3 aliphatic rings. The van der Waals surface area contributed by atoms with E-state index in [1.165, 1.54) is 12.0 Å². The Hall–Kier alpha value is -5.50. The quantitative estimate of drug-likeness (QED) is 0.134. The minimum Gasteiger partial charge on any atom is -0.484 e. The number of anilines is 2. The van der Waals surface area contributed by atoms with Crippen molar-refractivity contribution in [3.05, 3.63) is 95.3 Å². The fourth-order valence-corrected chi connectivity index (χ4v) is 8.11. The summed E-state index contributed by atoms with van der Waals surface area (Å²) in [6, 6.07) is 22.3. The number of halogens is 1. The first kappa shape index (κ1) is 39.7. The highest BCUT2D eigenvalue weighted by molar-refractivity contribution is 5.89. The number of carboxylic acid groups (broad SMARTS) is 1. The van der Waals surface area contributed by atoms with E-state index in [4.69, 9.17) is 19.7 Å². The van der Waals surface area contributed by atoms with Gasteiger partial charge in [0.2, 0.25) is 5.95 Å². The molecule has 2 fully saturated rings. The van der Waals surface area contributed by atoms with Gasteiger partial charge in [-0.05, 0) is 92.8 Å². The number of likely N-dealkylation sites (tertiary alicyclic amines) is 1. The summed E-state index contributed by atoms with van der Waals surface area (Å²) in [5.74, 6) is 2.22. The summed E-state index contributed by atoms with van der Waals surface area (Å²) in [7, 11) is 0. The van der Waals surface area contributed by atoms with Crippen molar-refractivity contribution in [1.82, 2.24) is 34.6 Å². The Kier molecular flexibility index (Phi) is 12.1. The van der Waals surface area contributed by atoms with Gasteiger partial charge in [0.1, 0.15) is 23.8 Å². The number of hydrogen-bond acceptors (Lipinski definition) is 8. The molecule has 14 heteroatoms. The van der Waals surface area contributed by atoms with E-state index >= 15 is 0 Å². The summed E-state index contributed by atoms with van der Waals surface area (Å²) < 4.78 is 24.2. The summed E-state index contributed by atoms with van der Waals surface area (Å²) in [4.78, 5) is 26.8. The van der Waals surface area contributed by atoms with Gasteiger partial charge in [0, 0.05) is 43.7 Å². The van der Waals surface area contributed by atoms with Crippen LogP contribution in [0.4, 0.5) is 21.0 Å². The number of carbonyl (C=O) groups is 2. The first-order valence-corrected chi connectivity index (χ1v) is 20.1. The Morgan fingerprint density at radius 1 is 0.947 bits per heavy atom. The highest BCUT2D eigenvalue weighted by Crippen LogP contribution is 2.39. The molecule has 0 spiro atoms. The Morgan fingerprint density at radius 3 is 2.40 bits per heavy atom. The van der Waals surface area contributed by atoms with Crippen LogP contribution in [-0.4, -0.2) is 78.7 Å². The number of aromatic nitrogens is 5. The van der Waals surface area contributed by atoms with Gasteiger partial charge in [-0.3, -0.25) is 19.4 Å². The van der Waals surface area contributed by atoms with Crippen molar-refractivity contribution >= 4 is 29.9 Å². The largest absolute Gasteiger partial charge is 0.484 e. The molecule has 5 aromatic rings. The zero-order chi connectivity index (χ0) is 40.1. The lowest BCUT2D eigenvalue weighted by atomic mass is 9.85. The number of urea groups is 1. The van der Waals surface area contributed by atoms with Gasteiger partial charge in [-0.2, -0.15) is 5.10 Å². The van der Waals surface area contributed by atoms with Crippen LogP contribution in [0.5, 0.6) is 5.75 Å². The predicted octanol–water partition coefficient (Wildman–Crippen LogP) is 8.00. The predicted molar refractivity (Wildman–Crippen MR) is 218 cm³/mol. The molecule has 5 heterocycles. The molecule has 3 aromatic heterocycles. The van der Waals surface area contributed by atoms with Gasteiger partial charge < -0.3 is 20.1 Å². The minimum atomic E-state index is -0.683. The minimum absolute atomic E-state index is 0.164. The molecule has 2 amide bonds. The molecule has 2 saturated heterocycles. The number of hydrogen-bond donors (Lipinski definition) is 3. The van der Waals surface area contributed by atoms with Crippen molar-refractivity contribution in [2.24, 2.45) is 0 Å². The Labute approximate surface area is 333 Å². The van der Waals surface area contributed by atoms with Crippen molar-refractivity contribution in [3.8, 4) is 11.4 Å². The second-order valence-corrected chi connectivity index (χ2v) is 16.4. The molecule has 8 rings (SSSR count). The van der Waals surface area contributed by atoms with Crippen LogP contribution in [0.15, 0.2) is 72.9 Å². The van der Waals surface area contributed by atoms with Crippen LogP contribution in [-0.2, 0) is 16.8 Å². The SMILES string of the molecule is CC1CCCCN1c1nnc2ccc(O[C@@H]3CC[C@H](NC(=O)Nc4cc(C(C)(C)C)nn4-c4ccc(CN5CCC(F)CC5)cc4)c4ccccc43)cn12.O=CO. The van der Waals surface area contributed by atoms with Gasteiger partial charge >= 0.3 is 6.03 Å². The Balaban J connectivity index is 0.00000160. The monoisotopic (exact) mass is 779 g/mol. The highest BCUT2D eigenvalue weighted by atomic mass is 19.1. The molecule has 3 N–H and O–H groups in total. The number of alkyl halides is 1. The normalized spacial score (nSPS) is 20.3. The summed E-state index contributed by atoms with van der Waals surface area (Å²) in [5.41, 5.74) is 5.60. The van der Waals surface area contributed by atoms with Crippen molar-refractivity contribution in [3.63, 3.8) is 0 Å². The number of piperidine rings is 2. The number of ether oxygens (including phenoxy) is 1. The Morgan fingerprint density at radius 2 is 1.68 bits per heavy atom. The first-order chi connectivity index (χ1) is 27.5. The van der Waals surface area contributed by atoms with E-state index in [0.717, 1.165) is 91.7 Å². The maximum atomic E-state index is 13.7. The third-order valence-corrected chi connectivity index (χ3v) is 11.3. The van der Waals surface area contributed by atoms with Gasteiger partial charge in [0.05, 0.1) is 23.6 Å². The number of nitrogens with zero attached hydrogens (tertiary/aromatic N) is 7. The van der Waals surface area contributed by atoms with E-state index in [2.05, 4.69) is 82.6 Å². The zero-order valence-corrected chi connectivity index (χ0v) is 33.3. The number of pyridine rings is 1. The topological polar surface area (TPSA) is 142 Å². The molecule has 3 atom stereocenters. The first-order valence-electron chi connectivity index (χ1n) is 20.1. The lowest BCUT2D eigenvalue weighted by molar-refractivity contribution is -0.122. The number of nitrogens with one attached hydrogen (secondary N) is 2. The zero-order valence-electron chi connectivity index (χ0n) is 33.3. The van der Waals surface area contributed by atoms with Crippen molar-refractivity contribution in [2.45, 2.75) is 109 Å². The molecule has 0 saturated carbocycles. The van der Waals surface area contributed by atoms with Crippen LogP contribution in [0.25, 0.3) is 11.3 Å². The molecule has 57 heavy (non-hydrogen) atoms. The number of rotatable bonds is 8. The van der Waals surface area contributed by atoms with Gasteiger partial charge in [-0.1, -0.05) is 57.2 Å². The Bertz CT molecular complexity index is 2140. The summed E-state index contributed by atoms with van der Waals surface area (Å²) in [6.45, 7) is 11.7. The van der Waals surface area contributed by atoms with Crippen LogP contribution in [0, 0.1) is 0 Å². The van der Waals surface area contributed by atoms with E-state index in [-0.39, 0.29) is 30.1 Å². The third kappa shape index (κ3) is 9.22. The maximum absolute atomic E-state index is 13.7. The second kappa shape index (κ2) is 17.3. The van der Waals surface area contributed by atoms with Crippen LogP contribution in [0.3, 0.4) is 0 Å².